The molecule has 0 spiro atoms. The Hall–Kier alpha value is -1.63. The molecule has 8 heteroatoms. The van der Waals surface area contributed by atoms with Gasteiger partial charge in [-0.05, 0) is 25.4 Å². The normalized spacial score (nSPS) is 11.6. The smallest absolute Gasteiger partial charge is 0.330 e. The van der Waals surface area contributed by atoms with Crippen LogP contribution < -0.4 is 5.32 Å². The van der Waals surface area contributed by atoms with Gasteiger partial charge < -0.3 is 4.74 Å². The van der Waals surface area contributed by atoms with Crippen LogP contribution in [0.25, 0.3) is 10.4 Å². The summed E-state index contributed by atoms with van der Waals surface area (Å²) in [6.07, 6.45) is 2.30. The highest BCUT2D eigenvalue weighted by Gasteiger charge is 2.23. The summed E-state index contributed by atoms with van der Waals surface area (Å²) in [4.78, 5) is 18.5. The molecule has 0 amide bonds. The first-order valence-corrected chi connectivity index (χ1v) is 6.47. The van der Waals surface area contributed by atoms with E-state index in [0.717, 1.165) is 0 Å². The topological polar surface area (TPSA) is 100.0 Å². The maximum absolute atomic E-state index is 11.8. The van der Waals surface area contributed by atoms with Crippen molar-refractivity contribution in [2.75, 3.05) is 19.7 Å². The Labute approximate surface area is 109 Å². The lowest BCUT2D eigenvalue weighted by Gasteiger charge is -2.14. The van der Waals surface area contributed by atoms with Gasteiger partial charge >= 0.3 is 5.97 Å². The van der Waals surface area contributed by atoms with Crippen molar-refractivity contribution < 1.29 is 9.53 Å². The Kier molecular flexibility index (Phi) is 6.78. The van der Waals surface area contributed by atoms with Crippen molar-refractivity contribution in [3.05, 3.63) is 27.0 Å². The van der Waals surface area contributed by atoms with Crippen LogP contribution in [0.2, 0.25) is 0 Å². The minimum absolute atomic E-state index is 0.334. The molecule has 1 aromatic heterocycles. The molecule has 1 unspecified atom stereocenters. The molecule has 0 fully saturated rings. The zero-order valence-electron chi connectivity index (χ0n) is 10.1. The van der Waals surface area contributed by atoms with Gasteiger partial charge in [-0.1, -0.05) is 5.11 Å². The second-order valence-electron chi connectivity index (χ2n) is 3.32. The van der Waals surface area contributed by atoms with Gasteiger partial charge in [0.2, 0.25) is 0 Å². The van der Waals surface area contributed by atoms with Gasteiger partial charge in [0, 0.05) is 23.0 Å². The van der Waals surface area contributed by atoms with Crippen molar-refractivity contribution in [2.24, 2.45) is 5.11 Å². The summed E-state index contributed by atoms with van der Waals surface area (Å²) < 4.78 is 4.99. The number of carbonyl (C=O) groups is 1. The summed E-state index contributed by atoms with van der Waals surface area (Å²) in [7, 11) is 0. The van der Waals surface area contributed by atoms with Crippen LogP contribution in [0.1, 0.15) is 24.4 Å². The van der Waals surface area contributed by atoms with Gasteiger partial charge in [0.15, 0.2) is 6.04 Å². The van der Waals surface area contributed by atoms with E-state index in [1.54, 1.807) is 13.1 Å². The first kappa shape index (κ1) is 14.4. The predicted octanol–water partition coefficient (Wildman–Crippen LogP) is 2.04. The molecular formula is C10H15N5O2S. The van der Waals surface area contributed by atoms with Crippen molar-refractivity contribution >= 4 is 17.3 Å². The molecule has 1 aromatic rings. The van der Waals surface area contributed by atoms with Crippen molar-refractivity contribution in [3.63, 3.8) is 0 Å². The number of rotatable bonds is 8. The zero-order valence-corrected chi connectivity index (χ0v) is 10.9. The fourth-order valence-corrected chi connectivity index (χ4v) is 2.01. The lowest BCUT2D eigenvalue weighted by Crippen LogP contribution is -2.31. The van der Waals surface area contributed by atoms with Crippen LogP contribution in [0.3, 0.4) is 0 Å². The molecule has 1 atom stereocenters. The number of esters is 1. The van der Waals surface area contributed by atoms with E-state index in [1.165, 1.54) is 11.3 Å². The van der Waals surface area contributed by atoms with Crippen molar-refractivity contribution in [1.82, 2.24) is 10.3 Å². The number of nitrogens with zero attached hydrogens (tertiary/aromatic N) is 4. The van der Waals surface area contributed by atoms with Gasteiger partial charge in [-0.2, -0.15) is 0 Å². The molecule has 0 aliphatic carbocycles. The minimum atomic E-state index is -0.545. The Morgan fingerprint density at radius 1 is 1.78 bits per heavy atom. The van der Waals surface area contributed by atoms with Crippen LogP contribution in [0.4, 0.5) is 0 Å². The first-order valence-electron chi connectivity index (χ1n) is 5.59. The maximum Gasteiger partial charge on any atom is 0.330 e. The third-order valence-electron chi connectivity index (χ3n) is 2.07. The summed E-state index contributed by atoms with van der Waals surface area (Å²) in [5.41, 5.74) is 8.14. The Morgan fingerprint density at radius 2 is 2.61 bits per heavy atom. The highest BCUT2D eigenvalue weighted by atomic mass is 32.1. The lowest BCUT2D eigenvalue weighted by molar-refractivity contribution is -0.145. The number of nitrogens with one attached hydrogen (secondary N) is 1. The molecular weight excluding hydrogens is 254 g/mol. The van der Waals surface area contributed by atoms with E-state index < -0.39 is 6.04 Å². The lowest BCUT2D eigenvalue weighted by atomic mass is 10.3. The van der Waals surface area contributed by atoms with E-state index in [4.69, 9.17) is 10.3 Å². The van der Waals surface area contributed by atoms with E-state index in [9.17, 15) is 4.79 Å². The third kappa shape index (κ3) is 4.70. The van der Waals surface area contributed by atoms with Crippen LogP contribution in [0.5, 0.6) is 0 Å². The van der Waals surface area contributed by atoms with Crippen LogP contribution >= 0.6 is 11.3 Å². The number of carbonyl (C=O) groups excluding carboxylic acids is 1. The van der Waals surface area contributed by atoms with Gasteiger partial charge in [-0.25, -0.2) is 9.78 Å². The zero-order chi connectivity index (χ0) is 13.2. The summed E-state index contributed by atoms with van der Waals surface area (Å²) in [6.45, 7) is 3.05. The highest BCUT2D eigenvalue weighted by molar-refractivity contribution is 7.09. The first-order chi connectivity index (χ1) is 8.79. The van der Waals surface area contributed by atoms with Crippen LogP contribution in [-0.2, 0) is 9.53 Å². The molecule has 98 valence electrons. The fraction of sp³-hybridized carbons (Fsp3) is 0.600. The summed E-state index contributed by atoms with van der Waals surface area (Å²) in [6, 6.07) is -0.545. The number of hydrogen-bond donors (Lipinski definition) is 1. The second-order valence-corrected chi connectivity index (χ2v) is 4.24. The molecule has 0 radical (unpaired) electrons. The predicted molar refractivity (Wildman–Crippen MR) is 68.1 cm³/mol. The number of azide groups is 1. The molecule has 0 aliphatic heterocycles. The van der Waals surface area contributed by atoms with Crippen molar-refractivity contribution in [1.29, 1.82) is 0 Å². The van der Waals surface area contributed by atoms with Crippen molar-refractivity contribution in [3.8, 4) is 0 Å². The highest BCUT2D eigenvalue weighted by Crippen LogP contribution is 2.17. The van der Waals surface area contributed by atoms with Crippen molar-refractivity contribution in [2.45, 2.75) is 19.4 Å². The van der Waals surface area contributed by atoms with E-state index in [-0.39, 0.29) is 5.97 Å². The molecule has 1 rings (SSSR count). The van der Waals surface area contributed by atoms with E-state index in [2.05, 4.69) is 20.3 Å². The number of aromatic nitrogens is 1. The third-order valence-corrected chi connectivity index (χ3v) is 2.91. The SMILES string of the molecule is CCOC(=O)C(NCCCN=[N+]=[N-])c1nccs1. The molecule has 0 bridgehead atoms. The average molecular weight is 269 g/mol. The molecule has 0 saturated heterocycles. The van der Waals surface area contributed by atoms with E-state index in [1.807, 2.05) is 5.38 Å². The van der Waals surface area contributed by atoms with Gasteiger partial charge in [-0.15, -0.1) is 11.3 Å². The quantitative estimate of drug-likeness (QED) is 0.256. The minimum Gasteiger partial charge on any atom is -0.465 e. The largest absolute Gasteiger partial charge is 0.465 e. The standard InChI is InChI=1S/C10H15N5O2S/c1-2-17-10(16)8(9-13-6-7-18-9)12-4-3-5-14-15-11/h6-8,12H,2-5H2,1H3. The van der Waals surface area contributed by atoms with Crippen LogP contribution in [0, 0.1) is 0 Å². The average Bonchev–Trinajstić information content (AvgIpc) is 2.87. The number of thiazole rings is 1. The summed E-state index contributed by atoms with van der Waals surface area (Å²) in [5, 5.41) is 8.97. The number of ether oxygens (including phenoxy) is 1. The summed E-state index contributed by atoms with van der Waals surface area (Å²) >= 11 is 1.40. The summed E-state index contributed by atoms with van der Waals surface area (Å²) in [5.74, 6) is -0.337. The van der Waals surface area contributed by atoms with Gasteiger partial charge in [-0.3, -0.25) is 5.32 Å². The Bertz CT molecular complexity index is 402. The number of hydrogen-bond acceptors (Lipinski definition) is 6. The molecule has 0 aromatic carbocycles. The maximum atomic E-state index is 11.8. The van der Waals surface area contributed by atoms with Gasteiger partial charge in [0.05, 0.1) is 6.61 Å². The van der Waals surface area contributed by atoms with E-state index >= 15 is 0 Å². The Morgan fingerprint density at radius 3 is 3.22 bits per heavy atom. The Balaban J connectivity index is 2.50. The second kappa shape index (κ2) is 8.46. The molecule has 18 heavy (non-hydrogen) atoms. The fourth-order valence-electron chi connectivity index (χ4n) is 1.31. The molecule has 7 nitrogen and oxygen atoms in total. The van der Waals surface area contributed by atoms with Crippen LogP contribution in [0.15, 0.2) is 16.7 Å². The van der Waals surface area contributed by atoms with Crippen LogP contribution in [-0.4, -0.2) is 30.6 Å². The van der Waals surface area contributed by atoms with Gasteiger partial charge in [0.1, 0.15) is 5.01 Å². The molecule has 1 N–H and O–H groups in total. The van der Waals surface area contributed by atoms with E-state index in [0.29, 0.717) is 31.1 Å². The molecule has 0 saturated carbocycles. The van der Waals surface area contributed by atoms with Gasteiger partial charge in [0.25, 0.3) is 0 Å². The monoisotopic (exact) mass is 269 g/mol. The molecule has 1 heterocycles. The molecule has 0 aliphatic rings.